The Morgan fingerprint density at radius 3 is 2.76 bits per heavy atom. The monoisotopic (exact) mass is 261 g/mol. The number of esters is 1. The van der Waals surface area contributed by atoms with Crippen LogP contribution in [0.2, 0.25) is 0 Å². The van der Waals surface area contributed by atoms with E-state index in [4.69, 9.17) is 4.74 Å². The number of nitrogens with one attached hydrogen (secondary N) is 1. The van der Waals surface area contributed by atoms with Gasteiger partial charge in [0, 0.05) is 18.7 Å². The van der Waals surface area contributed by atoms with Crippen molar-refractivity contribution >= 4 is 15.8 Å². The molecule has 1 saturated heterocycles. The molecule has 1 N–H and O–H groups in total. The number of hydrogen-bond donors (Lipinski definition) is 1. The normalized spacial score (nSPS) is 22.3. The molecule has 0 saturated carbocycles. The second-order valence-corrected chi connectivity index (χ2v) is 6.49. The van der Waals surface area contributed by atoms with E-state index in [1.807, 2.05) is 0 Å². The smallest absolute Gasteiger partial charge is 0.334 e. The maximum absolute atomic E-state index is 11.5. The van der Waals surface area contributed by atoms with Crippen molar-refractivity contribution in [1.82, 2.24) is 5.32 Å². The molecule has 1 fully saturated rings. The first-order valence-corrected chi connectivity index (χ1v) is 7.46. The molecular weight excluding hydrogens is 242 g/mol. The molecule has 0 radical (unpaired) electrons. The van der Waals surface area contributed by atoms with Gasteiger partial charge in [-0.1, -0.05) is 6.58 Å². The summed E-state index contributed by atoms with van der Waals surface area (Å²) in [6.45, 7) is 6.27. The molecule has 5 nitrogen and oxygen atoms in total. The molecular formula is C11H19NO4S. The Labute approximate surface area is 102 Å². The summed E-state index contributed by atoms with van der Waals surface area (Å²) in [5.74, 6) is -0.160. The Balaban J connectivity index is 2.29. The number of carbonyl (C=O) groups excluding carboxylic acids is 1. The third-order valence-corrected chi connectivity index (χ3v) is 5.01. The van der Waals surface area contributed by atoms with Crippen LogP contribution < -0.4 is 5.32 Å². The SMILES string of the molecule is C=C(CNCC1CCCS1(=O)=O)C(=O)OCC. The van der Waals surface area contributed by atoms with Crippen LogP contribution >= 0.6 is 0 Å². The van der Waals surface area contributed by atoms with E-state index in [1.165, 1.54) is 0 Å². The van der Waals surface area contributed by atoms with Crippen molar-refractivity contribution in [3.63, 3.8) is 0 Å². The molecule has 0 spiro atoms. The van der Waals surface area contributed by atoms with Crippen molar-refractivity contribution in [1.29, 1.82) is 0 Å². The molecule has 0 aliphatic carbocycles. The molecule has 1 aliphatic heterocycles. The van der Waals surface area contributed by atoms with Gasteiger partial charge in [-0.05, 0) is 19.8 Å². The number of hydrogen-bond acceptors (Lipinski definition) is 5. The first-order chi connectivity index (χ1) is 7.97. The molecule has 0 aromatic carbocycles. The summed E-state index contributed by atoms with van der Waals surface area (Å²) in [6.07, 6.45) is 1.43. The second kappa shape index (κ2) is 6.16. The van der Waals surface area contributed by atoms with Crippen LogP contribution in [0.3, 0.4) is 0 Å². The second-order valence-electron chi connectivity index (χ2n) is 4.09. The largest absolute Gasteiger partial charge is 0.463 e. The molecule has 1 unspecified atom stereocenters. The van der Waals surface area contributed by atoms with Crippen molar-refractivity contribution in [2.75, 3.05) is 25.4 Å². The lowest BCUT2D eigenvalue weighted by molar-refractivity contribution is -0.138. The van der Waals surface area contributed by atoms with Crippen LogP contribution in [-0.4, -0.2) is 45.1 Å². The van der Waals surface area contributed by atoms with Crippen molar-refractivity contribution < 1.29 is 17.9 Å². The van der Waals surface area contributed by atoms with E-state index in [-0.39, 0.29) is 17.5 Å². The minimum Gasteiger partial charge on any atom is -0.463 e. The van der Waals surface area contributed by atoms with Gasteiger partial charge in [0.15, 0.2) is 9.84 Å². The molecule has 0 aromatic heterocycles. The van der Waals surface area contributed by atoms with E-state index in [1.54, 1.807) is 6.92 Å². The highest BCUT2D eigenvalue weighted by atomic mass is 32.2. The van der Waals surface area contributed by atoms with Gasteiger partial charge < -0.3 is 10.1 Å². The van der Waals surface area contributed by atoms with Crippen LogP contribution in [-0.2, 0) is 19.4 Å². The standard InChI is InChI=1S/C11H19NO4S/c1-3-16-11(13)9(2)7-12-8-10-5-4-6-17(10,14)15/h10,12H,2-8H2,1H3. The molecule has 1 aliphatic rings. The maximum atomic E-state index is 11.5. The molecule has 0 amide bonds. The molecule has 0 aromatic rings. The molecule has 0 bridgehead atoms. The minimum atomic E-state index is -2.92. The van der Waals surface area contributed by atoms with E-state index in [0.717, 1.165) is 6.42 Å². The fourth-order valence-electron chi connectivity index (χ4n) is 1.78. The van der Waals surface area contributed by atoms with Crippen LogP contribution in [0.5, 0.6) is 0 Å². The van der Waals surface area contributed by atoms with Gasteiger partial charge in [0.1, 0.15) is 0 Å². The lowest BCUT2D eigenvalue weighted by Crippen LogP contribution is -2.32. The highest BCUT2D eigenvalue weighted by Crippen LogP contribution is 2.18. The van der Waals surface area contributed by atoms with E-state index in [2.05, 4.69) is 11.9 Å². The zero-order chi connectivity index (χ0) is 12.9. The maximum Gasteiger partial charge on any atom is 0.334 e. The van der Waals surface area contributed by atoms with Crippen LogP contribution in [0.1, 0.15) is 19.8 Å². The first-order valence-electron chi connectivity index (χ1n) is 5.74. The van der Waals surface area contributed by atoms with Gasteiger partial charge in [0.25, 0.3) is 0 Å². The Morgan fingerprint density at radius 2 is 2.24 bits per heavy atom. The van der Waals surface area contributed by atoms with E-state index in [9.17, 15) is 13.2 Å². The molecule has 6 heteroatoms. The summed E-state index contributed by atoms with van der Waals surface area (Å²) < 4.78 is 27.8. The van der Waals surface area contributed by atoms with Crippen molar-refractivity contribution in [2.24, 2.45) is 0 Å². The van der Waals surface area contributed by atoms with Gasteiger partial charge >= 0.3 is 5.97 Å². The average molecular weight is 261 g/mol. The van der Waals surface area contributed by atoms with Crippen LogP contribution in [0.4, 0.5) is 0 Å². The van der Waals surface area contributed by atoms with Crippen molar-refractivity contribution in [3.8, 4) is 0 Å². The Kier molecular flexibility index (Phi) is 5.14. The lowest BCUT2D eigenvalue weighted by Gasteiger charge is -2.11. The molecule has 1 heterocycles. The third-order valence-electron chi connectivity index (χ3n) is 2.74. The van der Waals surface area contributed by atoms with Crippen LogP contribution in [0, 0.1) is 0 Å². The number of carbonyl (C=O) groups is 1. The van der Waals surface area contributed by atoms with Crippen molar-refractivity contribution in [3.05, 3.63) is 12.2 Å². The molecule has 98 valence electrons. The van der Waals surface area contributed by atoms with Crippen LogP contribution in [0.25, 0.3) is 0 Å². The molecule has 1 atom stereocenters. The zero-order valence-corrected chi connectivity index (χ0v) is 10.9. The topological polar surface area (TPSA) is 72.5 Å². The quantitative estimate of drug-likeness (QED) is 0.549. The van der Waals surface area contributed by atoms with Gasteiger partial charge in [0.2, 0.25) is 0 Å². The number of ether oxygens (including phenoxy) is 1. The predicted octanol–water partition coefficient (Wildman–Crippen LogP) is 0.272. The van der Waals surface area contributed by atoms with Gasteiger partial charge in [-0.3, -0.25) is 0 Å². The summed E-state index contributed by atoms with van der Waals surface area (Å²) in [6, 6.07) is 0. The summed E-state index contributed by atoms with van der Waals surface area (Å²) in [4.78, 5) is 11.2. The van der Waals surface area contributed by atoms with Gasteiger partial charge in [-0.25, -0.2) is 13.2 Å². The van der Waals surface area contributed by atoms with Gasteiger partial charge in [-0.15, -0.1) is 0 Å². The zero-order valence-electron chi connectivity index (χ0n) is 10.1. The van der Waals surface area contributed by atoms with E-state index < -0.39 is 15.8 Å². The highest BCUT2D eigenvalue weighted by molar-refractivity contribution is 7.92. The van der Waals surface area contributed by atoms with Gasteiger partial charge in [-0.2, -0.15) is 0 Å². The Bertz CT molecular complexity index is 388. The minimum absolute atomic E-state index is 0.269. The summed E-state index contributed by atoms with van der Waals surface area (Å²) in [7, 11) is -2.92. The molecule has 1 rings (SSSR count). The fraction of sp³-hybridized carbons (Fsp3) is 0.727. The first kappa shape index (κ1) is 14.2. The summed E-state index contributed by atoms with van der Waals surface area (Å²) >= 11 is 0. The molecule has 17 heavy (non-hydrogen) atoms. The number of sulfone groups is 1. The number of rotatable bonds is 6. The van der Waals surface area contributed by atoms with Gasteiger partial charge in [0.05, 0.1) is 17.6 Å². The highest BCUT2D eigenvalue weighted by Gasteiger charge is 2.30. The van der Waals surface area contributed by atoms with E-state index in [0.29, 0.717) is 25.1 Å². The van der Waals surface area contributed by atoms with E-state index >= 15 is 0 Å². The fourth-order valence-corrected chi connectivity index (χ4v) is 3.58. The average Bonchev–Trinajstić information content (AvgIpc) is 2.58. The van der Waals surface area contributed by atoms with Crippen LogP contribution in [0.15, 0.2) is 12.2 Å². The Morgan fingerprint density at radius 1 is 1.53 bits per heavy atom. The summed E-state index contributed by atoms with van der Waals surface area (Å²) in [5, 5.41) is 2.62. The third kappa shape index (κ3) is 4.12. The lowest BCUT2D eigenvalue weighted by atomic mass is 10.2. The summed E-state index contributed by atoms with van der Waals surface area (Å²) in [5.41, 5.74) is 0.322. The predicted molar refractivity (Wildman–Crippen MR) is 65.5 cm³/mol. The Hall–Kier alpha value is -0.880. The van der Waals surface area contributed by atoms with Crippen molar-refractivity contribution in [2.45, 2.75) is 25.0 Å².